The Hall–Kier alpha value is 0.0169. The first-order chi connectivity index (χ1) is 7.67. The molecule has 2 atom stereocenters. The predicted octanol–water partition coefficient (Wildman–Crippen LogP) is 0.489. The Morgan fingerprint density at radius 1 is 1.31 bits per heavy atom. The zero-order chi connectivity index (χ0) is 12.0. The van der Waals surface area contributed by atoms with E-state index in [0.717, 1.165) is 25.7 Å². The van der Waals surface area contributed by atoms with Gasteiger partial charge in [-0.15, -0.1) is 0 Å². The summed E-state index contributed by atoms with van der Waals surface area (Å²) >= 11 is 0. The van der Waals surface area contributed by atoms with Gasteiger partial charge in [0.2, 0.25) is 0 Å². The molecule has 0 amide bonds. The first kappa shape index (κ1) is 14.1. The van der Waals surface area contributed by atoms with Crippen LogP contribution in [0.1, 0.15) is 6.92 Å². The Morgan fingerprint density at radius 3 is 2.38 bits per heavy atom. The van der Waals surface area contributed by atoms with E-state index in [2.05, 4.69) is 12.2 Å². The highest BCUT2D eigenvalue weighted by Gasteiger charge is 2.41. The third-order valence-corrected chi connectivity index (χ3v) is 6.11. The first-order valence-corrected chi connectivity index (χ1v) is 7.58. The van der Waals surface area contributed by atoms with E-state index in [0.29, 0.717) is 5.92 Å². The minimum absolute atomic E-state index is 0.223. The monoisotopic (exact) mass is 249 g/mol. The van der Waals surface area contributed by atoms with E-state index >= 15 is 0 Å². The molecule has 1 N–H and O–H groups in total. The molecule has 0 radical (unpaired) electrons. The van der Waals surface area contributed by atoms with Gasteiger partial charge in [-0.2, -0.15) is 0 Å². The zero-order valence-electron chi connectivity index (χ0n) is 10.6. The van der Waals surface area contributed by atoms with Crippen molar-refractivity contribution in [2.24, 2.45) is 5.92 Å². The van der Waals surface area contributed by atoms with Crippen LogP contribution >= 0.6 is 0 Å². The second kappa shape index (κ2) is 6.68. The molecule has 6 heteroatoms. The van der Waals surface area contributed by atoms with Gasteiger partial charge in [0.1, 0.15) is 0 Å². The highest BCUT2D eigenvalue weighted by Crippen LogP contribution is 2.23. The van der Waals surface area contributed by atoms with E-state index in [1.807, 2.05) is 0 Å². The lowest BCUT2D eigenvalue weighted by atomic mass is 10.1. The van der Waals surface area contributed by atoms with Crippen molar-refractivity contribution in [3.8, 4) is 0 Å². The molecule has 0 spiro atoms. The molecule has 0 aromatic rings. The summed E-state index contributed by atoms with van der Waals surface area (Å²) in [7, 11) is 2.46. The molecule has 0 aliphatic carbocycles. The van der Waals surface area contributed by atoms with Gasteiger partial charge in [-0.25, -0.2) is 0 Å². The van der Waals surface area contributed by atoms with Crippen molar-refractivity contribution in [1.82, 2.24) is 5.32 Å². The lowest BCUT2D eigenvalue weighted by molar-refractivity contribution is -0.00550. The molecular formula is C10H23NO4Si. The normalized spacial score (nSPS) is 24.4. The van der Waals surface area contributed by atoms with Crippen molar-refractivity contribution in [3.63, 3.8) is 0 Å². The number of ether oxygens (including phenoxy) is 1. The van der Waals surface area contributed by atoms with E-state index in [1.54, 1.807) is 21.3 Å². The average Bonchev–Trinajstić information content (AvgIpc) is 2.37. The quantitative estimate of drug-likeness (QED) is 0.694. The summed E-state index contributed by atoms with van der Waals surface area (Å²) in [5, 5.41) is 3.32. The highest BCUT2D eigenvalue weighted by atomic mass is 28.4. The van der Waals surface area contributed by atoms with E-state index < -0.39 is 8.80 Å². The summed E-state index contributed by atoms with van der Waals surface area (Å²) in [4.78, 5) is 0. The fourth-order valence-electron chi connectivity index (χ4n) is 1.98. The minimum atomic E-state index is -2.47. The Kier molecular flexibility index (Phi) is 5.88. The van der Waals surface area contributed by atoms with E-state index in [1.165, 1.54) is 0 Å². The molecule has 1 heterocycles. The fourth-order valence-corrected chi connectivity index (χ4v) is 4.03. The van der Waals surface area contributed by atoms with Crippen molar-refractivity contribution in [2.45, 2.75) is 19.1 Å². The van der Waals surface area contributed by atoms with Gasteiger partial charge in [-0.3, -0.25) is 0 Å². The van der Waals surface area contributed by atoms with E-state index in [4.69, 9.17) is 18.0 Å². The van der Waals surface area contributed by atoms with Crippen LogP contribution in [0.5, 0.6) is 0 Å². The lowest BCUT2D eigenvalue weighted by Crippen LogP contribution is -2.49. The summed E-state index contributed by atoms with van der Waals surface area (Å²) < 4.78 is 22.0. The van der Waals surface area contributed by atoms with Gasteiger partial charge in [-0.05, 0) is 5.92 Å². The Balaban J connectivity index is 2.49. The predicted molar refractivity (Wildman–Crippen MR) is 63.4 cm³/mol. The largest absolute Gasteiger partial charge is 0.500 e. The second-order valence-corrected chi connectivity index (χ2v) is 7.09. The number of morpholine rings is 1. The van der Waals surface area contributed by atoms with Gasteiger partial charge in [0.25, 0.3) is 0 Å². The van der Waals surface area contributed by atoms with Crippen molar-refractivity contribution in [3.05, 3.63) is 0 Å². The maximum Gasteiger partial charge on any atom is 0.500 e. The molecule has 1 saturated heterocycles. The third kappa shape index (κ3) is 3.51. The molecular weight excluding hydrogens is 226 g/mol. The SMILES string of the molecule is CO[Si](CC(C)C1CNCCO1)(OC)OC. The molecule has 16 heavy (non-hydrogen) atoms. The van der Waals surface area contributed by atoms with Gasteiger partial charge in [-0.1, -0.05) is 6.92 Å². The molecule has 2 unspecified atom stereocenters. The first-order valence-electron chi connectivity index (χ1n) is 5.65. The van der Waals surface area contributed by atoms with Crippen molar-refractivity contribution < 1.29 is 18.0 Å². The van der Waals surface area contributed by atoms with Crippen LogP contribution in [0.4, 0.5) is 0 Å². The average molecular weight is 249 g/mol. The highest BCUT2D eigenvalue weighted by molar-refractivity contribution is 6.60. The van der Waals surface area contributed by atoms with Gasteiger partial charge in [0.15, 0.2) is 0 Å². The molecule has 5 nitrogen and oxygen atoms in total. The summed E-state index contributed by atoms with van der Waals surface area (Å²) in [6.45, 7) is 4.75. The second-order valence-electron chi connectivity index (χ2n) is 4.09. The van der Waals surface area contributed by atoms with Crippen LogP contribution in [0, 0.1) is 5.92 Å². The number of hydrogen-bond acceptors (Lipinski definition) is 5. The summed E-state index contributed by atoms with van der Waals surface area (Å²) in [5.41, 5.74) is 0. The Labute approximate surface area is 98.8 Å². The summed E-state index contributed by atoms with van der Waals surface area (Å²) in [6, 6.07) is 0.781. The van der Waals surface area contributed by atoms with Crippen LogP contribution in [0.2, 0.25) is 6.04 Å². The minimum Gasteiger partial charge on any atom is -0.377 e. The van der Waals surface area contributed by atoms with Gasteiger partial charge in [0, 0.05) is 40.5 Å². The summed E-state index contributed by atoms with van der Waals surface area (Å²) in [6.07, 6.45) is 0.223. The van der Waals surface area contributed by atoms with Crippen molar-refractivity contribution in [1.29, 1.82) is 0 Å². The molecule has 0 aromatic carbocycles. The number of hydrogen-bond donors (Lipinski definition) is 1. The standard InChI is InChI=1S/C10H23NO4Si/c1-9(10-7-11-5-6-15-10)8-16(12-2,13-3)14-4/h9-11H,5-8H2,1-4H3. The maximum atomic E-state index is 5.71. The molecule has 0 bridgehead atoms. The van der Waals surface area contributed by atoms with Gasteiger partial charge >= 0.3 is 8.80 Å². The van der Waals surface area contributed by atoms with Crippen LogP contribution in [0.15, 0.2) is 0 Å². The smallest absolute Gasteiger partial charge is 0.377 e. The third-order valence-electron chi connectivity index (χ3n) is 3.10. The van der Waals surface area contributed by atoms with E-state index in [-0.39, 0.29) is 6.10 Å². The Bertz CT molecular complexity index is 187. The molecule has 1 rings (SSSR count). The molecule has 96 valence electrons. The van der Waals surface area contributed by atoms with Crippen molar-refractivity contribution in [2.75, 3.05) is 41.0 Å². The number of rotatable bonds is 6. The van der Waals surface area contributed by atoms with Crippen LogP contribution < -0.4 is 5.32 Å². The maximum absolute atomic E-state index is 5.71. The molecule has 1 aliphatic heterocycles. The lowest BCUT2D eigenvalue weighted by Gasteiger charge is -2.33. The van der Waals surface area contributed by atoms with Gasteiger partial charge in [0.05, 0.1) is 12.7 Å². The van der Waals surface area contributed by atoms with Crippen LogP contribution in [0.25, 0.3) is 0 Å². The van der Waals surface area contributed by atoms with Crippen LogP contribution in [0.3, 0.4) is 0 Å². The Morgan fingerprint density at radius 2 is 1.94 bits per heavy atom. The molecule has 1 fully saturated rings. The van der Waals surface area contributed by atoms with Crippen molar-refractivity contribution >= 4 is 8.80 Å². The summed E-state index contributed by atoms with van der Waals surface area (Å²) in [5.74, 6) is 0.360. The van der Waals surface area contributed by atoms with Gasteiger partial charge < -0.3 is 23.3 Å². The number of nitrogens with one attached hydrogen (secondary N) is 1. The van der Waals surface area contributed by atoms with Crippen LogP contribution in [-0.4, -0.2) is 55.9 Å². The fraction of sp³-hybridized carbons (Fsp3) is 1.00. The zero-order valence-corrected chi connectivity index (χ0v) is 11.6. The van der Waals surface area contributed by atoms with E-state index in [9.17, 15) is 0 Å². The topological polar surface area (TPSA) is 49.0 Å². The molecule has 1 aliphatic rings. The van der Waals surface area contributed by atoms with Crippen LogP contribution in [-0.2, 0) is 18.0 Å². The molecule has 0 aromatic heterocycles. The molecule has 0 saturated carbocycles.